The minimum Gasteiger partial charge on any atom is -0.399 e. The summed E-state index contributed by atoms with van der Waals surface area (Å²) in [5.41, 5.74) is 14.4. The van der Waals surface area contributed by atoms with Gasteiger partial charge in [-0.3, -0.25) is 4.79 Å². The topological polar surface area (TPSA) is 84.9 Å². The Bertz CT molecular complexity index is 823. The van der Waals surface area contributed by atoms with E-state index in [1.165, 1.54) is 0 Å². The Morgan fingerprint density at radius 2 is 1.90 bits per heavy atom. The number of halogens is 1. The highest BCUT2D eigenvalue weighted by molar-refractivity contribution is 9.10. The van der Waals surface area contributed by atoms with Crippen LogP contribution in [-0.2, 0) is 0 Å². The number of nitrogens with one attached hydrogen (secondary N) is 1. The molecule has 0 unspecified atom stereocenters. The number of nitrogens with two attached hydrogens (primary N) is 2. The first-order chi connectivity index (χ1) is 9.58. The molecule has 0 radical (unpaired) electrons. The van der Waals surface area contributed by atoms with E-state index in [1.807, 2.05) is 18.2 Å². The lowest BCUT2D eigenvalue weighted by Gasteiger charge is -2.05. The molecule has 0 saturated heterocycles. The number of ketones is 1. The Balaban J connectivity index is 2.18. The molecule has 0 spiro atoms. The van der Waals surface area contributed by atoms with Crippen molar-refractivity contribution < 1.29 is 4.79 Å². The molecule has 0 fully saturated rings. The molecular formula is C15H12BrN3O. The Kier molecular flexibility index (Phi) is 2.99. The molecular weight excluding hydrogens is 318 g/mol. The van der Waals surface area contributed by atoms with E-state index in [1.54, 1.807) is 24.4 Å². The maximum Gasteiger partial charge on any atom is 0.197 e. The molecule has 0 bridgehead atoms. The maximum atomic E-state index is 12.6. The molecule has 3 rings (SSSR count). The van der Waals surface area contributed by atoms with Crippen molar-refractivity contribution in [3.63, 3.8) is 0 Å². The number of aromatic amines is 1. The number of rotatable bonds is 2. The maximum absolute atomic E-state index is 12.6. The summed E-state index contributed by atoms with van der Waals surface area (Å²) >= 11 is 3.47. The standard InChI is InChI=1S/C15H12BrN3O/c16-11-2-1-3-13-14(11)10(7-19-13)15(20)9-5-4-8(17)6-12(9)18/h1-7,19H,17-18H2. The Hall–Kier alpha value is -2.27. The zero-order valence-electron chi connectivity index (χ0n) is 10.5. The Labute approximate surface area is 123 Å². The number of H-pyrrole nitrogens is 1. The van der Waals surface area contributed by atoms with E-state index in [0.717, 1.165) is 15.4 Å². The summed E-state index contributed by atoms with van der Waals surface area (Å²) in [6.07, 6.45) is 1.70. The molecule has 3 aromatic rings. The molecule has 2 aromatic carbocycles. The minimum absolute atomic E-state index is 0.124. The molecule has 5 N–H and O–H groups in total. The SMILES string of the molecule is Nc1ccc(C(=O)c2c[nH]c3cccc(Br)c23)c(N)c1. The predicted molar refractivity (Wildman–Crippen MR) is 84.7 cm³/mol. The molecule has 0 amide bonds. The van der Waals surface area contributed by atoms with E-state index in [-0.39, 0.29) is 5.78 Å². The van der Waals surface area contributed by atoms with Crippen molar-refractivity contribution in [1.82, 2.24) is 4.98 Å². The van der Waals surface area contributed by atoms with Crippen LogP contribution >= 0.6 is 15.9 Å². The van der Waals surface area contributed by atoms with Gasteiger partial charge in [0, 0.05) is 44.1 Å². The van der Waals surface area contributed by atoms with Crippen LogP contribution in [0.1, 0.15) is 15.9 Å². The van der Waals surface area contributed by atoms with Crippen LogP contribution < -0.4 is 11.5 Å². The van der Waals surface area contributed by atoms with Gasteiger partial charge in [-0.05, 0) is 30.3 Å². The lowest BCUT2D eigenvalue weighted by Crippen LogP contribution is -2.05. The van der Waals surface area contributed by atoms with Gasteiger partial charge in [-0.2, -0.15) is 0 Å². The van der Waals surface area contributed by atoms with Crippen LogP contribution in [0.5, 0.6) is 0 Å². The number of fused-ring (bicyclic) bond motifs is 1. The number of hydrogen-bond acceptors (Lipinski definition) is 3. The van der Waals surface area contributed by atoms with Crippen LogP contribution in [0, 0.1) is 0 Å². The van der Waals surface area contributed by atoms with Gasteiger partial charge < -0.3 is 16.5 Å². The van der Waals surface area contributed by atoms with Gasteiger partial charge in [0.15, 0.2) is 5.78 Å². The Morgan fingerprint density at radius 3 is 2.65 bits per heavy atom. The second-order valence-corrected chi connectivity index (χ2v) is 5.39. The lowest BCUT2D eigenvalue weighted by molar-refractivity contribution is 0.104. The average Bonchev–Trinajstić information content (AvgIpc) is 2.83. The van der Waals surface area contributed by atoms with Crippen molar-refractivity contribution in [2.75, 3.05) is 11.5 Å². The summed E-state index contributed by atoms with van der Waals surface area (Å²) in [5.74, 6) is -0.124. The first kappa shape index (κ1) is 12.7. The third-order valence-electron chi connectivity index (χ3n) is 3.22. The van der Waals surface area contributed by atoms with Gasteiger partial charge in [0.1, 0.15) is 0 Å². The molecule has 0 saturated carbocycles. The highest BCUT2D eigenvalue weighted by atomic mass is 79.9. The van der Waals surface area contributed by atoms with Gasteiger partial charge >= 0.3 is 0 Å². The number of aromatic nitrogens is 1. The fourth-order valence-corrected chi connectivity index (χ4v) is 2.83. The lowest BCUT2D eigenvalue weighted by atomic mass is 10.0. The molecule has 1 aromatic heterocycles. The Morgan fingerprint density at radius 1 is 1.10 bits per heavy atom. The van der Waals surface area contributed by atoms with Crippen molar-refractivity contribution >= 4 is 44.0 Å². The zero-order valence-corrected chi connectivity index (χ0v) is 12.1. The number of carbonyl (C=O) groups excluding carboxylic acids is 1. The van der Waals surface area contributed by atoms with Gasteiger partial charge in [-0.1, -0.05) is 22.0 Å². The van der Waals surface area contributed by atoms with E-state index in [9.17, 15) is 4.79 Å². The smallest absolute Gasteiger partial charge is 0.197 e. The van der Waals surface area contributed by atoms with Crippen LogP contribution in [-0.4, -0.2) is 10.8 Å². The van der Waals surface area contributed by atoms with Crippen molar-refractivity contribution in [2.45, 2.75) is 0 Å². The van der Waals surface area contributed by atoms with Crippen LogP contribution in [0.25, 0.3) is 10.9 Å². The summed E-state index contributed by atoms with van der Waals surface area (Å²) in [6, 6.07) is 10.7. The summed E-state index contributed by atoms with van der Waals surface area (Å²) < 4.78 is 0.869. The second-order valence-electron chi connectivity index (χ2n) is 4.54. The van der Waals surface area contributed by atoms with Gasteiger partial charge in [-0.25, -0.2) is 0 Å². The largest absolute Gasteiger partial charge is 0.399 e. The fourth-order valence-electron chi connectivity index (χ4n) is 2.25. The quantitative estimate of drug-likeness (QED) is 0.498. The van der Waals surface area contributed by atoms with Crippen molar-refractivity contribution in [1.29, 1.82) is 0 Å². The molecule has 5 heteroatoms. The molecule has 20 heavy (non-hydrogen) atoms. The number of hydrogen-bond donors (Lipinski definition) is 3. The van der Waals surface area contributed by atoms with Crippen LogP contribution in [0.2, 0.25) is 0 Å². The summed E-state index contributed by atoms with van der Waals surface area (Å²) in [6.45, 7) is 0. The molecule has 4 nitrogen and oxygen atoms in total. The van der Waals surface area contributed by atoms with Crippen molar-refractivity contribution in [3.8, 4) is 0 Å². The number of carbonyl (C=O) groups is 1. The van der Waals surface area contributed by atoms with Crippen LogP contribution in [0.15, 0.2) is 47.1 Å². The molecule has 0 aliphatic rings. The predicted octanol–water partition coefficient (Wildman–Crippen LogP) is 3.33. The average molecular weight is 330 g/mol. The highest BCUT2D eigenvalue weighted by Crippen LogP contribution is 2.29. The summed E-state index contributed by atoms with van der Waals surface area (Å²) in [4.78, 5) is 15.7. The summed E-state index contributed by atoms with van der Waals surface area (Å²) in [5, 5.41) is 0.855. The van der Waals surface area contributed by atoms with Crippen molar-refractivity contribution in [3.05, 3.63) is 58.2 Å². The number of benzene rings is 2. The van der Waals surface area contributed by atoms with E-state index in [0.29, 0.717) is 22.5 Å². The first-order valence-electron chi connectivity index (χ1n) is 6.03. The molecule has 0 aliphatic carbocycles. The first-order valence-corrected chi connectivity index (χ1v) is 6.82. The number of nitrogen functional groups attached to an aromatic ring is 2. The third-order valence-corrected chi connectivity index (χ3v) is 3.88. The van der Waals surface area contributed by atoms with E-state index in [4.69, 9.17) is 11.5 Å². The summed E-state index contributed by atoms with van der Waals surface area (Å²) in [7, 11) is 0. The van der Waals surface area contributed by atoms with Gasteiger partial charge in [-0.15, -0.1) is 0 Å². The minimum atomic E-state index is -0.124. The number of anilines is 2. The van der Waals surface area contributed by atoms with E-state index >= 15 is 0 Å². The van der Waals surface area contributed by atoms with Crippen LogP contribution in [0.4, 0.5) is 11.4 Å². The van der Waals surface area contributed by atoms with E-state index in [2.05, 4.69) is 20.9 Å². The van der Waals surface area contributed by atoms with E-state index < -0.39 is 0 Å². The molecule has 0 aliphatic heterocycles. The van der Waals surface area contributed by atoms with Gasteiger partial charge in [0.05, 0.1) is 0 Å². The van der Waals surface area contributed by atoms with Crippen LogP contribution in [0.3, 0.4) is 0 Å². The zero-order chi connectivity index (χ0) is 14.3. The third kappa shape index (κ3) is 1.96. The second kappa shape index (κ2) is 4.68. The monoisotopic (exact) mass is 329 g/mol. The molecule has 100 valence electrons. The fraction of sp³-hybridized carbons (Fsp3) is 0. The highest BCUT2D eigenvalue weighted by Gasteiger charge is 2.18. The van der Waals surface area contributed by atoms with Crippen molar-refractivity contribution in [2.24, 2.45) is 0 Å². The van der Waals surface area contributed by atoms with Gasteiger partial charge in [0.2, 0.25) is 0 Å². The molecule has 0 atom stereocenters. The van der Waals surface area contributed by atoms with Gasteiger partial charge in [0.25, 0.3) is 0 Å². The molecule has 1 heterocycles. The normalized spacial score (nSPS) is 10.8.